The highest BCUT2D eigenvalue weighted by molar-refractivity contribution is 5.65. The maximum Gasteiger partial charge on any atom is 0.407 e. The molecule has 1 aliphatic rings. The van der Waals surface area contributed by atoms with Gasteiger partial charge in [0.05, 0.1) is 11.7 Å². The van der Waals surface area contributed by atoms with E-state index in [1.807, 2.05) is 26.0 Å². The summed E-state index contributed by atoms with van der Waals surface area (Å²) in [7, 11) is 1.59. The average molecular weight is 476 g/mol. The lowest BCUT2D eigenvalue weighted by atomic mass is 10.00. The lowest BCUT2D eigenvalue weighted by molar-refractivity contribution is 0.148. The zero-order valence-electron chi connectivity index (χ0n) is 20.2. The van der Waals surface area contributed by atoms with Crippen molar-refractivity contribution in [3.05, 3.63) is 53.1 Å². The molecule has 1 aromatic heterocycles. The number of nitriles is 1. The average Bonchev–Trinajstić information content (AvgIpc) is 3.24. The number of fused-ring (bicyclic) bond motifs is 1. The molecule has 0 saturated carbocycles. The fourth-order valence-corrected chi connectivity index (χ4v) is 4.09. The second kappa shape index (κ2) is 10.6. The van der Waals surface area contributed by atoms with Gasteiger partial charge in [-0.1, -0.05) is 17.3 Å². The monoisotopic (exact) mass is 475 g/mol. The van der Waals surface area contributed by atoms with E-state index < -0.39 is 6.09 Å². The number of amides is 1. The fraction of sp³-hybridized carbons (Fsp3) is 0.385. The van der Waals surface area contributed by atoms with Crippen LogP contribution in [0.5, 0.6) is 5.75 Å². The van der Waals surface area contributed by atoms with E-state index in [0.717, 1.165) is 31.5 Å². The van der Waals surface area contributed by atoms with Crippen LogP contribution in [0.4, 0.5) is 4.79 Å². The van der Waals surface area contributed by atoms with Crippen molar-refractivity contribution in [1.29, 1.82) is 5.26 Å². The first-order valence-corrected chi connectivity index (χ1v) is 11.7. The van der Waals surface area contributed by atoms with Crippen LogP contribution in [0.1, 0.15) is 30.5 Å². The van der Waals surface area contributed by atoms with Crippen molar-refractivity contribution < 1.29 is 19.2 Å². The van der Waals surface area contributed by atoms with Gasteiger partial charge in [0.15, 0.2) is 0 Å². The molecule has 1 aliphatic heterocycles. The molecule has 0 bridgehead atoms. The van der Waals surface area contributed by atoms with Crippen LogP contribution in [-0.2, 0) is 12.8 Å². The van der Waals surface area contributed by atoms with Crippen LogP contribution in [0.2, 0.25) is 0 Å². The summed E-state index contributed by atoms with van der Waals surface area (Å²) in [5, 5.41) is 22.7. The second-order valence-electron chi connectivity index (χ2n) is 8.94. The summed E-state index contributed by atoms with van der Waals surface area (Å²) < 4.78 is 11.2. The number of hydrogen-bond donors (Lipinski definition) is 1. The van der Waals surface area contributed by atoms with Crippen molar-refractivity contribution in [3.8, 4) is 34.7 Å². The molecular formula is C26H29N5O4. The molecular weight excluding hydrogens is 446 g/mol. The number of benzene rings is 2. The van der Waals surface area contributed by atoms with E-state index >= 15 is 0 Å². The third-order valence-corrected chi connectivity index (χ3v) is 6.07. The number of likely N-dealkylation sites (N-methyl/N-ethyl adjacent to an activating group) is 1. The molecule has 1 amide bonds. The Hall–Kier alpha value is -3.90. The largest absolute Gasteiger partial charge is 0.490 e. The van der Waals surface area contributed by atoms with Gasteiger partial charge in [0.2, 0.25) is 5.82 Å². The summed E-state index contributed by atoms with van der Waals surface area (Å²) in [6.45, 7) is 6.78. The predicted octanol–water partition coefficient (Wildman–Crippen LogP) is 4.07. The highest BCUT2D eigenvalue weighted by Gasteiger charge is 2.18. The third kappa shape index (κ3) is 5.78. The number of carboxylic acid groups (broad SMARTS) is 1. The lowest BCUT2D eigenvalue weighted by Gasteiger charge is -2.22. The highest BCUT2D eigenvalue weighted by Crippen LogP contribution is 2.29. The van der Waals surface area contributed by atoms with E-state index in [1.54, 1.807) is 19.2 Å². The smallest absolute Gasteiger partial charge is 0.407 e. The van der Waals surface area contributed by atoms with Gasteiger partial charge in [-0.3, -0.25) is 0 Å². The van der Waals surface area contributed by atoms with Crippen LogP contribution in [0.3, 0.4) is 0 Å². The molecule has 182 valence electrons. The Bertz CT molecular complexity index is 1250. The summed E-state index contributed by atoms with van der Waals surface area (Å²) in [6.07, 6.45) is 0.837. The van der Waals surface area contributed by atoms with Crippen LogP contribution in [0, 0.1) is 11.3 Å². The van der Waals surface area contributed by atoms with E-state index in [9.17, 15) is 10.1 Å². The Kier molecular flexibility index (Phi) is 7.32. The van der Waals surface area contributed by atoms with Gasteiger partial charge in [-0.2, -0.15) is 10.2 Å². The number of nitrogens with zero attached hydrogens (tertiary/aromatic N) is 5. The molecule has 35 heavy (non-hydrogen) atoms. The van der Waals surface area contributed by atoms with Crippen LogP contribution >= 0.6 is 0 Å². The third-order valence-electron chi connectivity index (χ3n) is 6.07. The zero-order chi connectivity index (χ0) is 24.9. The topological polar surface area (TPSA) is 116 Å². The minimum absolute atomic E-state index is 0.0330. The summed E-state index contributed by atoms with van der Waals surface area (Å²) in [5.74, 6) is 1.37. The van der Waals surface area contributed by atoms with Crippen LogP contribution in [0.25, 0.3) is 22.8 Å². The molecule has 0 saturated heterocycles. The van der Waals surface area contributed by atoms with E-state index in [-0.39, 0.29) is 6.10 Å². The normalized spacial score (nSPS) is 13.7. The van der Waals surface area contributed by atoms with Crippen molar-refractivity contribution in [2.45, 2.75) is 32.8 Å². The van der Waals surface area contributed by atoms with Crippen molar-refractivity contribution >= 4 is 6.09 Å². The molecule has 2 heterocycles. The maximum atomic E-state index is 11.0. The molecule has 4 rings (SSSR count). The minimum atomic E-state index is -0.907. The van der Waals surface area contributed by atoms with Crippen molar-refractivity contribution in [1.82, 2.24) is 19.9 Å². The van der Waals surface area contributed by atoms with E-state index in [4.69, 9.17) is 14.4 Å². The lowest BCUT2D eigenvalue weighted by Crippen LogP contribution is -2.36. The molecule has 0 fully saturated rings. The highest BCUT2D eigenvalue weighted by atomic mass is 16.5. The van der Waals surface area contributed by atoms with Crippen LogP contribution in [0.15, 0.2) is 40.9 Å². The summed E-state index contributed by atoms with van der Waals surface area (Å²) in [4.78, 5) is 19.2. The Morgan fingerprint density at radius 3 is 2.66 bits per heavy atom. The Morgan fingerprint density at radius 1 is 1.20 bits per heavy atom. The van der Waals surface area contributed by atoms with Gasteiger partial charge >= 0.3 is 6.09 Å². The number of hydrogen-bond acceptors (Lipinski definition) is 7. The molecule has 9 nitrogen and oxygen atoms in total. The van der Waals surface area contributed by atoms with E-state index in [2.05, 4.69) is 33.2 Å². The second-order valence-corrected chi connectivity index (χ2v) is 8.94. The number of rotatable bonds is 7. The molecule has 2 aromatic carbocycles. The summed E-state index contributed by atoms with van der Waals surface area (Å²) >= 11 is 0. The molecule has 1 N–H and O–H groups in total. The van der Waals surface area contributed by atoms with Crippen molar-refractivity contribution in [3.63, 3.8) is 0 Å². The van der Waals surface area contributed by atoms with Gasteiger partial charge < -0.3 is 24.2 Å². The molecule has 0 spiro atoms. The summed E-state index contributed by atoms with van der Waals surface area (Å²) in [5.41, 5.74) is 4.47. The van der Waals surface area contributed by atoms with Gasteiger partial charge in [0.25, 0.3) is 5.89 Å². The standard InChI is InChI=1S/C26H29N5O4/c1-17(2)34-23-7-6-21(15-22(23)16-27)25-28-24(29-35-25)20-5-4-18-8-10-31(11-9-19(18)14-20)13-12-30(3)26(32)33/h4-7,14-15,17H,8-13H2,1-3H3,(H,32,33). The number of ether oxygens (including phenoxy) is 1. The molecule has 0 unspecified atom stereocenters. The Balaban J connectivity index is 1.48. The van der Waals surface area contributed by atoms with Gasteiger partial charge in [0.1, 0.15) is 11.8 Å². The quantitative estimate of drug-likeness (QED) is 0.544. The molecule has 0 aliphatic carbocycles. The maximum absolute atomic E-state index is 11.0. The molecule has 9 heteroatoms. The SMILES string of the molecule is CC(C)Oc1ccc(-c2nc(-c3ccc4c(c3)CCN(CCN(C)C(=O)O)CC4)no2)cc1C#N. The van der Waals surface area contributed by atoms with Gasteiger partial charge in [-0.25, -0.2) is 4.79 Å². The first-order valence-electron chi connectivity index (χ1n) is 11.7. The molecule has 3 aromatic rings. The first kappa shape index (κ1) is 24.2. The fourth-order valence-electron chi connectivity index (χ4n) is 4.09. The van der Waals surface area contributed by atoms with E-state index in [1.165, 1.54) is 16.0 Å². The Morgan fingerprint density at radius 2 is 1.94 bits per heavy atom. The number of aromatic nitrogens is 2. The van der Waals surface area contributed by atoms with E-state index in [0.29, 0.717) is 41.7 Å². The molecule has 0 atom stereocenters. The van der Waals surface area contributed by atoms with Gasteiger partial charge in [0, 0.05) is 44.4 Å². The number of carbonyl (C=O) groups is 1. The van der Waals surface area contributed by atoms with Gasteiger partial charge in [-0.15, -0.1) is 0 Å². The van der Waals surface area contributed by atoms with Crippen LogP contribution < -0.4 is 4.74 Å². The zero-order valence-corrected chi connectivity index (χ0v) is 20.2. The summed E-state index contributed by atoms with van der Waals surface area (Å²) in [6, 6.07) is 13.6. The van der Waals surface area contributed by atoms with Crippen molar-refractivity contribution in [2.75, 3.05) is 33.2 Å². The van der Waals surface area contributed by atoms with Gasteiger partial charge in [-0.05, 0) is 62.1 Å². The predicted molar refractivity (Wildman–Crippen MR) is 130 cm³/mol. The van der Waals surface area contributed by atoms with Crippen LogP contribution in [-0.4, -0.2) is 70.5 Å². The minimum Gasteiger partial charge on any atom is -0.490 e. The first-order chi connectivity index (χ1) is 16.8. The van der Waals surface area contributed by atoms with Crippen molar-refractivity contribution in [2.24, 2.45) is 0 Å². The Labute approximate surface area is 204 Å². The molecule has 0 radical (unpaired) electrons.